The molecule has 82 valence electrons. The number of carbonyl (C=O) groups is 1. The summed E-state index contributed by atoms with van der Waals surface area (Å²) in [5.41, 5.74) is 0. The van der Waals surface area contributed by atoms with E-state index in [1.807, 2.05) is 0 Å². The van der Waals surface area contributed by atoms with Gasteiger partial charge in [-0.1, -0.05) is 0 Å². The van der Waals surface area contributed by atoms with E-state index in [0.717, 1.165) is 0 Å². The summed E-state index contributed by atoms with van der Waals surface area (Å²) in [5, 5.41) is -1.71. The molecule has 1 aliphatic rings. The molecule has 0 aromatic rings. The maximum absolute atomic E-state index is 13.0. The van der Waals surface area contributed by atoms with Crippen molar-refractivity contribution in [3.05, 3.63) is 0 Å². The van der Waals surface area contributed by atoms with Crippen molar-refractivity contribution in [3.8, 4) is 0 Å². The Balaban J connectivity index is 2.71. The van der Waals surface area contributed by atoms with Crippen molar-refractivity contribution in [1.29, 1.82) is 0 Å². The van der Waals surface area contributed by atoms with Crippen molar-refractivity contribution in [2.75, 3.05) is 11.5 Å². The Kier molecular flexibility index (Phi) is 3.16. The van der Waals surface area contributed by atoms with Gasteiger partial charge >= 0.3 is 5.92 Å². The van der Waals surface area contributed by atoms with Gasteiger partial charge in [0.15, 0.2) is 0 Å². The fourth-order valence-corrected chi connectivity index (χ4v) is 3.06. The summed E-state index contributed by atoms with van der Waals surface area (Å²) in [7, 11) is -3.19. The molecule has 3 nitrogen and oxygen atoms in total. The van der Waals surface area contributed by atoms with E-state index in [4.69, 9.17) is 11.6 Å². The van der Waals surface area contributed by atoms with Crippen LogP contribution in [0.4, 0.5) is 8.78 Å². The van der Waals surface area contributed by atoms with Gasteiger partial charge in [-0.25, -0.2) is 8.42 Å². The molecule has 0 saturated carbocycles. The van der Waals surface area contributed by atoms with Crippen LogP contribution in [0.1, 0.15) is 12.8 Å². The van der Waals surface area contributed by atoms with Crippen LogP contribution in [0.2, 0.25) is 0 Å². The first-order chi connectivity index (χ1) is 6.26. The Morgan fingerprint density at radius 3 is 2.07 bits per heavy atom. The minimum atomic E-state index is -3.60. The first-order valence-electron chi connectivity index (χ1n) is 4.04. The van der Waals surface area contributed by atoms with E-state index in [-0.39, 0.29) is 24.3 Å². The number of hydrogen-bond donors (Lipinski definition) is 0. The van der Waals surface area contributed by atoms with E-state index in [9.17, 15) is 22.0 Å². The van der Waals surface area contributed by atoms with Crippen LogP contribution in [-0.4, -0.2) is 31.1 Å². The maximum Gasteiger partial charge on any atom is 0.322 e. The smallest absolute Gasteiger partial charge is 0.274 e. The third kappa shape index (κ3) is 2.42. The highest BCUT2D eigenvalue weighted by atomic mass is 35.5. The lowest BCUT2D eigenvalue weighted by Crippen LogP contribution is -2.39. The molecule has 0 amide bonds. The van der Waals surface area contributed by atoms with E-state index in [0.29, 0.717) is 0 Å². The quantitative estimate of drug-likeness (QED) is 0.689. The predicted octanol–water partition coefficient (Wildman–Crippen LogP) is 1.21. The van der Waals surface area contributed by atoms with Crippen LogP contribution in [0.25, 0.3) is 0 Å². The molecule has 1 fully saturated rings. The zero-order chi connectivity index (χ0) is 11.0. The zero-order valence-corrected chi connectivity index (χ0v) is 8.75. The lowest BCUT2D eigenvalue weighted by molar-refractivity contribution is -0.142. The van der Waals surface area contributed by atoms with Gasteiger partial charge in [0.1, 0.15) is 9.84 Å². The molecular weight excluding hydrogens is 238 g/mol. The molecule has 7 heteroatoms. The summed E-state index contributed by atoms with van der Waals surface area (Å²) in [4.78, 5) is 10.4. The minimum Gasteiger partial charge on any atom is -0.274 e. The second-order valence-electron chi connectivity index (χ2n) is 3.32. The second kappa shape index (κ2) is 3.73. The van der Waals surface area contributed by atoms with Gasteiger partial charge in [-0.15, -0.1) is 0 Å². The zero-order valence-electron chi connectivity index (χ0n) is 7.17. The lowest BCUT2D eigenvalue weighted by atomic mass is 9.96. The van der Waals surface area contributed by atoms with E-state index in [1.165, 1.54) is 0 Å². The molecule has 1 heterocycles. The average molecular weight is 247 g/mol. The molecule has 0 aromatic heterocycles. The van der Waals surface area contributed by atoms with Gasteiger partial charge in [0.05, 0.1) is 11.5 Å². The molecule has 0 radical (unpaired) electrons. The Bertz CT molecular complexity index is 325. The highest BCUT2D eigenvalue weighted by Gasteiger charge is 2.47. The monoisotopic (exact) mass is 246 g/mol. The van der Waals surface area contributed by atoms with E-state index >= 15 is 0 Å². The average Bonchev–Trinajstić information content (AvgIpc) is 2.03. The first kappa shape index (κ1) is 11.8. The molecule has 14 heavy (non-hydrogen) atoms. The fourth-order valence-electron chi connectivity index (χ4n) is 1.41. The molecule has 1 aliphatic heterocycles. The van der Waals surface area contributed by atoms with Crippen molar-refractivity contribution in [3.63, 3.8) is 0 Å². The van der Waals surface area contributed by atoms with Crippen molar-refractivity contribution >= 4 is 26.7 Å². The number of rotatable bonds is 2. The molecule has 0 atom stereocenters. The van der Waals surface area contributed by atoms with Crippen LogP contribution >= 0.6 is 11.6 Å². The van der Waals surface area contributed by atoms with Gasteiger partial charge in [-0.05, 0) is 24.4 Å². The number of alkyl halides is 2. The Morgan fingerprint density at radius 2 is 1.71 bits per heavy atom. The summed E-state index contributed by atoms with van der Waals surface area (Å²) < 4.78 is 47.9. The highest BCUT2D eigenvalue weighted by molar-refractivity contribution is 7.91. The third-order valence-electron chi connectivity index (χ3n) is 2.33. The number of halogens is 3. The topological polar surface area (TPSA) is 51.2 Å². The summed E-state index contributed by atoms with van der Waals surface area (Å²) >= 11 is 4.74. The molecular formula is C7H9ClF2O3S. The molecule has 0 N–H and O–H groups in total. The Hall–Kier alpha value is -0.230. The van der Waals surface area contributed by atoms with Crippen molar-refractivity contribution in [2.24, 2.45) is 5.92 Å². The molecule has 0 aliphatic carbocycles. The second-order valence-corrected chi connectivity index (χ2v) is 5.97. The standard InChI is InChI=1S/C7H9ClF2O3S/c8-6(11)7(9,10)5-1-3-14(12,13)4-2-5/h5H,1-4H2. The molecule has 0 spiro atoms. The summed E-state index contributed by atoms with van der Waals surface area (Å²) in [6, 6.07) is 0. The van der Waals surface area contributed by atoms with Gasteiger partial charge in [0, 0.05) is 5.92 Å². The molecule has 0 aromatic carbocycles. The van der Waals surface area contributed by atoms with Crippen molar-refractivity contribution in [2.45, 2.75) is 18.8 Å². The third-order valence-corrected chi connectivity index (χ3v) is 4.30. The van der Waals surface area contributed by atoms with E-state index < -0.39 is 26.9 Å². The maximum atomic E-state index is 13.0. The van der Waals surface area contributed by atoms with Gasteiger partial charge in [-0.2, -0.15) is 8.78 Å². The summed E-state index contributed by atoms with van der Waals surface area (Å²) in [5.74, 6) is -5.43. The minimum absolute atomic E-state index is 0.201. The fraction of sp³-hybridized carbons (Fsp3) is 0.857. The van der Waals surface area contributed by atoms with Gasteiger partial charge < -0.3 is 0 Å². The van der Waals surface area contributed by atoms with Gasteiger partial charge in [-0.3, -0.25) is 4.79 Å². The molecule has 1 rings (SSSR count). The SMILES string of the molecule is O=C(Cl)C(F)(F)C1CCS(=O)(=O)CC1. The highest BCUT2D eigenvalue weighted by Crippen LogP contribution is 2.35. The van der Waals surface area contributed by atoms with Crippen molar-refractivity contribution in [1.82, 2.24) is 0 Å². The summed E-state index contributed by atoms with van der Waals surface area (Å²) in [6.45, 7) is 0. The number of sulfone groups is 1. The van der Waals surface area contributed by atoms with Crippen LogP contribution in [0.15, 0.2) is 0 Å². The van der Waals surface area contributed by atoms with Crippen LogP contribution in [0.3, 0.4) is 0 Å². The largest absolute Gasteiger partial charge is 0.322 e. The van der Waals surface area contributed by atoms with Crippen molar-refractivity contribution < 1.29 is 22.0 Å². The van der Waals surface area contributed by atoms with Crippen LogP contribution in [0, 0.1) is 5.92 Å². The number of carbonyl (C=O) groups excluding carboxylic acids is 1. The normalized spacial score (nSPS) is 23.4. The van der Waals surface area contributed by atoms with Gasteiger partial charge in [0.2, 0.25) is 0 Å². The van der Waals surface area contributed by atoms with Crippen LogP contribution in [-0.2, 0) is 14.6 Å². The molecule has 0 bridgehead atoms. The number of hydrogen-bond acceptors (Lipinski definition) is 3. The Morgan fingerprint density at radius 1 is 1.29 bits per heavy atom. The van der Waals surface area contributed by atoms with Crippen LogP contribution < -0.4 is 0 Å². The lowest BCUT2D eigenvalue weighted by Gasteiger charge is -2.26. The van der Waals surface area contributed by atoms with Gasteiger partial charge in [0.25, 0.3) is 5.24 Å². The van der Waals surface area contributed by atoms with E-state index in [2.05, 4.69) is 0 Å². The summed E-state index contributed by atoms with van der Waals surface area (Å²) in [6.07, 6.45) is -0.401. The molecule has 0 unspecified atom stereocenters. The Labute approximate surface area is 85.3 Å². The molecule has 1 saturated heterocycles. The predicted molar refractivity (Wildman–Crippen MR) is 47.2 cm³/mol. The van der Waals surface area contributed by atoms with E-state index in [1.54, 1.807) is 0 Å². The van der Waals surface area contributed by atoms with Crippen LogP contribution in [0.5, 0.6) is 0 Å². The first-order valence-corrected chi connectivity index (χ1v) is 6.24.